The second-order valence-corrected chi connectivity index (χ2v) is 9.38. The molecule has 35 heavy (non-hydrogen) atoms. The number of ether oxygens (including phenoxy) is 1. The molecule has 0 unspecified atom stereocenters. The van der Waals surface area contributed by atoms with E-state index in [2.05, 4.69) is 10.1 Å². The molecule has 1 fully saturated rings. The molecule has 1 saturated carbocycles. The van der Waals surface area contributed by atoms with E-state index in [1.54, 1.807) is 24.3 Å². The molecule has 3 heterocycles. The Hall–Kier alpha value is -3.94. The molecule has 8 nitrogen and oxygen atoms in total. The largest absolute Gasteiger partial charge is 0.504 e. The molecule has 3 N–H and O–H groups in total. The van der Waals surface area contributed by atoms with Gasteiger partial charge in [0.05, 0.1) is 24.1 Å². The molecule has 0 bridgehead atoms. The molecule has 0 spiro atoms. The molecular formula is C27H27N3O5. The molecule has 5 aromatic rings. The molecule has 6 rings (SSSR count). The van der Waals surface area contributed by atoms with Crippen LogP contribution in [0, 0.1) is 0 Å². The average molecular weight is 474 g/mol. The Morgan fingerprint density at radius 2 is 1.80 bits per heavy atom. The maximum absolute atomic E-state index is 13.4. The molecule has 0 aliphatic heterocycles. The molecule has 0 amide bonds. The number of pyridine rings is 1. The lowest BCUT2D eigenvalue weighted by atomic mass is 9.96. The number of nitrogens with one attached hydrogen (secondary N) is 2. The number of fused-ring (bicyclic) bond motifs is 4. The highest BCUT2D eigenvalue weighted by Crippen LogP contribution is 2.41. The van der Waals surface area contributed by atoms with Gasteiger partial charge >= 0.3 is 0 Å². The number of H-pyrrole nitrogens is 2. The van der Waals surface area contributed by atoms with E-state index >= 15 is 0 Å². The van der Waals surface area contributed by atoms with Crippen molar-refractivity contribution in [1.29, 1.82) is 0 Å². The second kappa shape index (κ2) is 8.37. The number of hydrogen-bond donors (Lipinski definition) is 3. The van der Waals surface area contributed by atoms with Crippen LogP contribution in [0.15, 0.2) is 50.4 Å². The van der Waals surface area contributed by atoms with Crippen molar-refractivity contribution in [2.24, 2.45) is 0 Å². The van der Waals surface area contributed by atoms with Crippen molar-refractivity contribution in [3.8, 4) is 22.6 Å². The minimum absolute atomic E-state index is 0.0343. The van der Waals surface area contributed by atoms with E-state index in [1.165, 1.54) is 38.5 Å². The van der Waals surface area contributed by atoms with Gasteiger partial charge in [-0.15, -0.1) is 0 Å². The van der Waals surface area contributed by atoms with Gasteiger partial charge in [0.1, 0.15) is 11.2 Å². The lowest BCUT2D eigenvalue weighted by molar-refractivity contribution is 0.353. The lowest BCUT2D eigenvalue weighted by Gasteiger charge is -2.21. The van der Waals surface area contributed by atoms with Gasteiger partial charge in [-0.2, -0.15) is 0 Å². The number of phenolic OH excluding ortho intramolecular Hbond substituents is 1. The first kappa shape index (κ1) is 21.6. The Bertz CT molecular complexity index is 1680. The molecule has 1 aliphatic carbocycles. The summed E-state index contributed by atoms with van der Waals surface area (Å²) in [6.45, 7) is 0. The number of phenols is 1. The fourth-order valence-electron chi connectivity index (χ4n) is 5.50. The Morgan fingerprint density at radius 3 is 2.54 bits per heavy atom. The number of rotatable bonds is 3. The predicted molar refractivity (Wildman–Crippen MR) is 135 cm³/mol. The van der Waals surface area contributed by atoms with Crippen LogP contribution in [0.25, 0.3) is 44.2 Å². The summed E-state index contributed by atoms with van der Waals surface area (Å²) in [7, 11) is 1.49. The van der Waals surface area contributed by atoms with E-state index in [9.17, 15) is 14.7 Å². The topological polar surface area (TPSA) is 113 Å². The van der Waals surface area contributed by atoms with Crippen LogP contribution in [0.3, 0.4) is 0 Å². The molecule has 1 aliphatic rings. The third kappa shape index (κ3) is 3.51. The summed E-state index contributed by atoms with van der Waals surface area (Å²) >= 11 is 0. The van der Waals surface area contributed by atoms with E-state index in [1.807, 2.05) is 4.68 Å². The van der Waals surface area contributed by atoms with Crippen LogP contribution < -0.4 is 15.7 Å². The number of hydrogen-bond acceptors (Lipinski definition) is 5. The Labute approximate surface area is 200 Å². The SMILES string of the molecule is COc1ccc(-c2c3oc4cc(=O)ccc4c3[nH]c3c2c(=O)[nH]n3C2CCCCCCC2)cc1O. The number of aromatic nitrogens is 3. The smallest absolute Gasteiger partial charge is 0.274 e. The minimum atomic E-state index is -0.226. The van der Waals surface area contributed by atoms with Gasteiger partial charge < -0.3 is 19.2 Å². The first-order valence-corrected chi connectivity index (χ1v) is 12.2. The van der Waals surface area contributed by atoms with Gasteiger partial charge in [-0.3, -0.25) is 19.4 Å². The summed E-state index contributed by atoms with van der Waals surface area (Å²) in [5.41, 5.74) is 3.12. The minimum Gasteiger partial charge on any atom is -0.504 e. The van der Waals surface area contributed by atoms with Crippen LogP contribution in [0.1, 0.15) is 51.0 Å². The highest BCUT2D eigenvalue weighted by molar-refractivity contribution is 6.14. The number of benzene rings is 2. The molecule has 0 saturated heterocycles. The molecule has 0 atom stereocenters. The van der Waals surface area contributed by atoms with Crippen LogP contribution >= 0.6 is 0 Å². The molecular weight excluding hydrogens is 446 g/mol. The number of aromatic hydroxyl groups is 1. The number of aromatic amines is 2. The second-order valence-electron chi connectivity index (χ2n) is 9.38. The van der Waals surface area contributed by atoms with E-state index < -0.39 is 0 Å². The summed E-state index contributed by atoms with van der Waals surface area (Å²) in [4.78, 5) is 28.9. The van der Waals surface area contributed by atoms with Gasteiger partial charge in [0.25, 0.3) is 5.56 Å². The van der Waals surface area contributed by atoms with Gasteiger partial charge in [-0.1, -0.05) is 38.2 Å². The van der Waals surface area contributed by atoms with E-state index in [0.29, 0.717) is 44.6 Å². The molecule has 3 aromatic heterocycles. The number of methoxy groups -OCH3 is 1. The van der Waals surface area contributed by atoms with E-state index in [0.717, 1.165) is 31.1 Å². The zero-order valence-corrected chi connectivity index (χ0v) is 19.5. The van der Waals surface area contributed by atoms with Crippen molar-refractivity contribution in [3.05, 3.63) is 57.0 Å². The van der Waals surface area contributed by atoms with Gasteiger partial charge in [-0.05, 0) is 42.7 Å². The zero-order chi connectivity index (χ0) is 24.1. The van der Waals surface area contributed by atoms with Gasteiger partial charge in [0.15, 0.2) is 22.5 Å². The van der Waals surface area contributed by atoms with Crippen molar-refractivity contribution >= 4 is 33.1 Å². The van der Waals surface area contributed by atoms with Gasteiger partial charge in [0, 0.05) is 17.0 Å². The lowest BCUT2D eigenvalue weighted by Crippen LogP contribution is -2.15. The van der Waals surface area contributed by atoms with Crippen LogP contribution in [0.2, 0.25) is 0 Å². The zero-order valence-electron chi connectivity index (χ0n) is 19.5. The molecule has 0 radical (unpaired) electrons. The van der Waals surface area contributed by atoms with Gasteiger partial charge in [0.2, 0.25) is 0 Å². The van der Waals surface area contributed by atoms with Crippen molar-refractivity contribution < 1.29 is 14.3 Å². The van der Waals surface area contributed by atoms with E-state index in [4.69, 9.17) is 9.15 Å². The van der Waals surface area contributed by atoms with Gasteiger partial charge in [-0.25, -0.2) is 0 Å². The summed E-state index contributed by atoms with van der Waals surface area (Å²) in [5.74, 6) is 0.304. The summed E-state index contributed by atoms with van der Waals surface area (Å²) in [5, 5.41) is 14.8. The number of nitrogens with zero attached hydrogens (tertiary/aromatic N) is 1. The van der Waals surface area contributed by atoms with Crippen molar-refractivity contribution in [1.82, 2.24) is 14.8 Å². The quantitative estimate of drug-likeness (QED) is 0.316. The average Bonchev–Trinajstić information content (AvgIpc) is 3.34. The van der Waals surface area contributed by atoms with Crippen molar-refractivity contribution in [2.75, 3.05) is 7.11 Å². The Kier molecular flexibility index (Phi) is 5.16. The van der Waals surface area contributed by atoms with Crippen LogP contribution in [-0.2, 0) is 0 Å². The maximum Gasteiger partial charge on any atom is 0.274 e. The third-order valence-electron chi connectivity index (χ3n) is 7.22. The fourth-order valence-corrected chi connectivity index (χ4v) is 5.50. The summed E-state index contributed by atoms with van der Waals surface area (Å²) in [6.07, 6.45) is 7.90. The first-order chi connectivity index (χ1) is 17.0. The highest BCUT2D eigenvalue weighted by atomic mass is 16.5. The molecule has 180 valence electrons. The Morgan fingerprint density at radius 1 is 1.03 bits per heavy atom. The van der Waals surface area contributed by atoms with Crippen LogP contribution in [-0.4, -0.2) is 27.0 Å². The standard InChI is InChI=1S/C27H27N3O5/c1-34-20-12-9-15(13-19(20)32)22-23-26(28-24-18-11-10-17(31)14-21(18)35-25(22)24)30(29-27(23)33)16-7-5-3-2-4-6-8-16/h9-14,16,28,32H,2-8H2,1H3,(H,29,33). The third-order valence-corrected chi connectivity index (χ3v) is 7.22. The monoisotopic (exact) mass is 473 g/mol. The molecule has 8 heteroatoms. The summed E-state index contributed by atoms with van der Waals surface area (Å²) in [6, 6.07) is 9.92. The van der Waals surface area contributed by atoms with Crippen molar-refractivity contribution in [3.63, 3.8) is 0 Å². The predicted octanol–water partition coefficient (Wildman–Crippen LogP) is 5.58. The molecule has 2 aromatic carbocycles. The highest BCUT2D eigenvalue weighted by Gasteiger charge is 2.25. The normalized spacial score (nSPS) is 15.6. The summed E-state index contributed by atoms with van der Waals surface area (Å²) < 4.78 is 13.4. The first-order valence-electron chi connectivity index (χ1n) is 12.2. The van der Waals surface area contributed by atoms with Crippen LogP contribution in [0.4, 0.5) is 0 Å². The Balaban J connectivity index is 1.70. The van der Waals surface area contributed by atoms with Crippen molar-refractivity contribution in [2.45, 2.75) is 51.0 Å². The number of furan rings is 1. The maximum atomic E-state index is 13.4. The van der Waals surface area contributed by atoms with E-state index in [-0.39, 0.29) is 22.8 Å². The fraction of sp³-hybridized carbons (Fsp3) is 0.333. The van der Waals surface area contributed by atoms with Crippen LogP contribution in [0.5, 0.6) is 11.5 Å².